The number of rotatable bonds is 9. The lowest BCUT2D eigenvalue weighted by Crippen LogP contribution is -2.67. The van der Waals surface area contributed by atoms with Crippen molar-refractivity contribution in [1.82, 2.24) is 0 Å². The van der Waals surface area contributed by atoms with E-state index in [1.807, 2.05) is 26.0 Å². The third-order valence-electron chi connectivity index (χ3n) is 6.28. The van der Waals surface area contributed by atoms with Gasteiger partial charge < -0.3 is 23.7 Å². The molecule has 1 saturated heterocycles. The van der Waals surface area contributed by atoms with Gasteiger partial charge in [0.1, 0.15) is 24.4 Å². The van der Waals surface area contributed by atoms with Crippen molar-refractivity contribution in [3.8, 4) is 0 Å². The van der Waals surface area contributed by atoms with Gasteiger partial charge in [-0.25, -0.2) is 0 Å². The maximum absolute atomic E-state index is 10.5. The predicted molar refractivity (Wildman–Crippen MR) is 134 cm³/mol. The molecule has 180 valence electrons. The summed E-state index contributed by atoms with van der Waals surface area (Å²) in [5.74, 6) is -0.818. The third-order valence-corrected chi connectivity index (χ3v) is 11.3. The maximum Gasteiger partial charge on any atom is 0.261 e. The van der Waals surface area contributed by atoms with Gasteiger partial charge in [0.15, 0.2) is 5.79 Å². The zero-order valence-corrected chi connectivity index (χ0v) is 21.7. The van der Waals surface area contributed by atoms with Crippen LogP contribution in [-0.4, -0.2) is 57.3 Å². The zero-order chi connectivity index (χ0) is 24.3. The normalized spacial score (nSPS) is 22.6. The molecule has 0 radical (unpaired) electrons. The Bertz CT molecular complexity index is 854. The predicted octanol–water partition coefficient (Wildman–Crippen LogP) is 3.65. The van der Waals surface area contributed by atoms with Crippen LogP contribution in [0, 0.1) is 0 Å². The molecule has 1 aliphatic heterocycles. The summed E-state index contributed by atoms with van der Waals surface area (Å²) in [6, 6.07) is 21.0. The number of aliphatic hydroxyl groups is 1. The van der Waals surface area contributed by atoms with Crippen molar-refractivity contribution in [2.45, 2.75) is 69.9 Å². The Morgan fingerprint density at radius 1 is 1.03 bits per heavy atom. The number of methoxy groups -OCH3 is 1. The molecule has 0 aromatic heterocycles. The molecule has 1 heterocycles. The van der Waals surface area contributed by atoms with Crippen LogP contribution in [0.5, 0.6) is 0 Å². The van der Waals surface area contributed by atoms with E-state index in [2.05, 4.69) is 75.9 Å². The molecule has 0 amide bonds. The quantitative estimate of drug-likeness (QED) is 0.448. The topological polar surface area (TPSA) is 57.2 Å². The van der Waals surface area contributed by atoms with Gasteiger partial charge >= 0.3 is 0 Å². The minimum absolute atomic E-state index is 0.151. The summed E-state index contributed by atoms with van der Waals surface area (Å²) in [6.07, 6.45) is -0.953. The lowest BCUT2D eigenvalue weighted by molar-refractivity contribution is -0.164. The standard InChI is InChI=1S/C27H38O5Si/c1-8-22(28)24(29-7)25-23(31-27(5,6)32-25)19-30-33(26(2,3)4,20-15-11-9-12-16-20)21-17-13-10-14-18-21/h8-18,22-25,28H,1,19H2,2-7H3/t22-,23?,24?,25?/m0/s1. The molecule has 6 heteroatoms. The molecule has 1 fully saturated rings. The largest absolute Gasteiger partial charge is 0.405 e. The van der Waals surface area contributed by atoms with Crippen molar-refractivity contribution in [2.24, 2.45) is 0 Å². The smallest absolute Gasteiger partial charge is 0.261 e. The van der Waals surface area contributed by atoms with Crippen LogP contribution in [0.4, 0.5) is 0 Å². The van der Waals surface area contributed by atoms with Crippen LogP contribution in [0.1, 0.15) is 34.6 Å². The van der Waals surface area contributed by atoms with Crippen LogP contribution in [0.2, 0.25) is 5.04 Å². The van der Waals surface area contributed by atoms with Gasteiger partial charge in [-0.1, -0.05) is 87.5 Å². The Morgan fingerprint density at radius 2 is 1.55 bits per heavy atom. The van der Waals surface area contributed by atoms with Gasteiger partial charge in [-0.15, -0.1) is 6.58 Å². The molecule has 0 saturated carbocycles. The highest BCUT2D eigenvalue weighted by atomic mass is 28.4. The summed E-state index contributed by atoms with van der Waals surface area (Å²) in [5, 5.41) is 12.7. The van der Waals surface area contributed by atoms with E-state index in [9.17, 15) is 5.11 Å². The van der Waals surface area contributed by atoms with Crippen molar-refractivity contribution in [3.63, 3.8) is 0 Å². The fourth-order valence-corrected chi connectivity index (χ4v) is 9.41. The number of hydrogen-bond acceptors (Lipinski definition) is 5. The van der Waals surface area contributed by atoms with Gasteiger partial charge in [-0.05, 0) is 29.3 Å². The van der Waals surface area contributed by atoms with Gasteiger partial charge in [0.2, 0.25) is 0 Å². The first-order chi connectivity index (χ1) is 15.6. The molecule has 4 atom stereocenters. The molecule has 2 aromatic carbocycles. The second-order valence-corrected chi connectivity index (χ2v) is 14.3. The van der Waals surface area contributed by atoms with Crippen molar-refractivity contribution in [2.75, 3.05) is 13.7 Å². The van der Waals surface area contributed by atoms with E-state index in [1.165, 1.54) is 16.4 Å². The zero-order valence-electron chi connectivity index (χ0n) is 20.7. The van der Waals surface area contributed by atoms with E-state index in [0.29, 0.717) is 6.61 Å². The minimum atomic E-state index is -2.73. The van der Waals surface area contributed by atoms with Crippen LogP contribution >= 0.6 is 0 Å². The minimum Gasteiger partial charge on any atom is -0.405 e. The van der Waals surface area contributed by atoms with Gasteiger partial charge in [-0.2, -0.15) is 0 Å². The highest BCUT2D eigenvalue weighted by Crippen LogP contribution is 2.38. The van der Waals surface area contributed by atoms with E-state index in [1.54, 1.807) is 7.11 Å². The molecule has 0 spiro atoms. The Labute approximate surface area is 199 Å². The van der Waals surface area contributed by atoms with Crippen molar-refractivity contribution >= 4 is 18.7 Å². The van der Waals surface area contributed by atoms with Crippen molar-refractivity contribution < 1.29 is 23.7 Å². The van der Waals surface area contributed by atoms with Gasteiger partial charge in [0.25, 0.3) is 8.32 Å². The average Bonchev–Trinajstić information content (AvgIpc) is 3.09. The average molecular weight is 471 g/mol. The summed E-state index contributed by atoms with van der Waals surface area (Å²) in [6.45, 7) is 14.5. The van der Waals surface area contributed by atoms with Gasteiger partial charge in [-0.3, -0.25) is 0 Å². The molecule has 0 aliphatic carbocycles. The van der Waals surface area contributed by atoms with Gasteiger partial charge in [0, 0.05) is 7.11 Å². The first-order valence-corrected chi connectivity index (χ1v) is 13.4. The summed E-state index contributed by atoms with van der Waals surface area (Å²) in [5.41, 5.74) is 0. The van der Waals surface area contributed by atoms with E-state index in [0.717, 1.165) is 0 Å². The molecule has 2 aromatic rings. The van der Waals surface area contributed by atoms with Crippen LogP contribution in [0.25, 0.3) is 0 Å². The number of hydrogen-bond donors (Lipinski definition) is 1. The van der Waals surface area contributed by atoms with Gasteiger partial charge in [0.05, 0.1) is 6.61 Å². The molecular formula is C27H38O5Si. The molecule has 1 N–H and O–H groups in total. The van der Waals surface area contributed by atoms with E-state index in [4.69, 9.17) is 18.6 Å². The maximum atomic E-state index is 10.5. The summed E-state index contributed by atoms with van der Waals surface area (Å²) in [7, 11) is -1.17. The van der Waals surface area contributed by atoms with Crippen LogP contribution in [-0.2, 0) is 18.6 Å². The molecule has 3 rings (SSSR count). The molecule has 1 aliphatic rings. The van der Waals surface area contributed by atoms with E-state index in [-0.39, 0.29) is 5.04 Å². The number of ether oxygens (including phenoxy) is 3. The Balaban J connectivity index is 2.02. The highest BCUT2D eigenvalue weighted by molar-refractivity contribution is 6.99. The van der Waals surface area contributed by atoms with E-state index < -0.39 is 38.5 Å². The van der Waals surface area contributed by atoms with E-state index >= 15 is 0 Å². The second-order valence-electron chi connectivity index (χ2n) is 10.0. The van der Waals surface area contributed by atoms with Crippen molar-refractivity contribution in [1.29, 1.82) is 0 Å². The first-order valence-electron chi connectivity index (χ1n) is 11.5. The second kappa shape index (κ2) is 10.2. The monoisotopic (exact) mass is 470 g/mol. The first kappa shape index (κ1) is 25.8. The lowest BCUT2D eigenvalue weighted by atomic mass is 10.0. The molecule has 0 bridgehead atoms. The van der Waals surface area contributed by atoms with Crippen LogP contribution in [0.15, 0.2) is 73.3 Å². The Kier molecular flexibility index (Phi) is 7.99. The third kappa shape index (κ3) is 5.32. The molecule has 3 unspecified atom stereocenters. The SMILES string of the molecule is C=C[C@H](O)C(OC)C1OC(C)(C)OC1CO[Si](c1ccccc1)(c1ccccc1)C(C)(C)C. The number of aliphatic hydroxyl groups excluding tert-OH is 1. The van der Waals surface area contributed by atoms with Crippen LogP contribution < -0.4 is 10.4 Å². The van der Waals surface area contributed by atoms with Crippen molar-refractivity contribution in [3.05, 3.63) is 73.3 Å². The lowest BCUT2D eigenvalue weighted by Gasteiger charge is -2.43. The summed E-state index contributed by atoms with van der Waals surface area (Å²) in [4.78, 5) is 0. The summed E-state index contributed by atoms with van der Waals surface area (Å²) < 4.78 is 25.1. The van der Waals surface area contributed by atoms with Crippen LogP contribution in [0.3, 0.4) is 0 Å². The Hall–Kier alpha value is -1.80. The Morgan fingerprint density at radius 3 is 1.97 bits per heavy atom. The molecular weight excluding hydrogens is 432 g/mol. The summed E-state index contributed by atoms with van der Waals surface area (Å²) >= 11 is 0. The number of benzene rings is 2. The molecule has 33 heavy (non-hydrogen) atoms. The fraction of sp³-hybridized carbons (Fsp3) is 0.481. The molecule has 5 nitrogen and oxygen atoms in total. The highest BCUT2D eigenvalue weighted by Gasteiger charge is 2.53. The fourth-order valence-electron chi connectivity index (χ4n) is 4.84.